The van der Waals surface area contributed by atoms with E-state index in [1.165, 1.54) is 0 Å². The summed E-state index contributed by atoms with van der Waals surface area (Å²) in [4.78, 5) is 59.1. The molecule has 4 rings (SSSR count). The van der Waals surface area contributed by atoms with Gasteiger partial charge in [0.2, 0.25) is 0 Å². The molecule has 2 aliphatic heterocycles. The maximum absolute atomic E-state index is 13.6. The Hall–Kier alpha value is -3.32. The molecular formula is C26H28N2O5. The van der Waals surface area contributed by atoms with E-state index in [0.29, 0.717) is 0 Å². The molecule has 1 atom stereocenters. The Morgan fingerprint density at radius 1 is 0.848 bits per heavy atom. The summed E-state index contributed by atoms with van der Waals surface area (Å²) in [6.07, 6.45) is 0.596. The normalized spacial score (nSPS) is 20.5. The number of benzene rings is 2. The van der Waals surface area contributed by atoms with E-state index < -0.39 is 34.9 Å². The number of hydrogen-bond donors (Lipinski definition) is 0. The van der Waals surface area contributed by atoms with Gasteiger partial charge in [-0.15, -0.1) is 5.06 Å². The summed E-state index contributed by atoms with van der Waals surface area (Å²) >= 11 is 0. The second-order valence-electron chi connectivity index (χ2n) is 9.95. The molecule has 1 fully saturated rings. The third kappa shape index (κ3) is 4.20. The van der Waals surface area contributed by atoms with Gasteiger partial charge in [0.1, 0.15) is 11.8 Å². The summed E-state index contributed by atoms with van der Waals surface area (Å²) in [7, 11) is 0. The molecular weight excluding hydrogens is 420 g/mol. The molecule has 2 aromatic carbocycles. The minimum Gasteiger partial charge on any atom is -0.365 e. The first-order valence-electron chi connectivity index (χ1n) is 11.1. The van der Waals surface area contributed by atoms with E-state index in [-0.39, 0.29) is 36.2 Å². The van der Waals surface area contributed by atoms with Crippen LogP contribution in [0.15, 0.2) is 54.6 Å². The Morgan fingerprint density at radius 3 is 1.85 bits per heavy atom. The Bertz CT molecular complexity index is 1070. The van der Waals surface area contributed by atoms with Crippen LogP contribution in [-0.4, -0.2) is 50.6 Å². The molecule has 2 aromatic rings. The van der Waals surface area contributed by atoms with Crippen molar-refractivity contribution >= 4 is 23.6 Å². The Balaban J connectivity index is 1.69. The fourth-order valence-corrected chi connectivity index (χ4v) is 5.00. The Morgan fingerprint density at radius 2 is 1.33 bits per heavy atom. The number of hydrogen-bond acceptors (Lipinski definition) is 6. The SMILES string of the molecule is CC1(C)CC(=O)CC(C)(C)N1OC(=O)C(Cc1ccccc1)N1C(=O)c2ccccc2C1=O. The first-order chi connectivity index (χ1) is 15.5. The quantitative estimate of drug-likeness (QED) is 0.650. The second kappa shape index (κ2) is 8.23. The molecule has 7 nitrogen and oxygen atoms in total. The molecule has 172 valence electrons. The highest BCUT2D eigenvalue weighted by Gasteiger charge is 2.50. The predicted octanol–water partition coefficient (Wildman–Crippen LogP) is 3.57. The number of piperidine rings is 1. The lowest BCUT2D eigenvalue weighted by Crippen LogP contribution is -2.62. The van der Waals surface area contributed by atoms with Gasteiger partial charge >= 0.3 is 5.97 Å². The van der Waals surface area contributed by atoms with Gasteiger partial charge in [-0.25, -0.2) is 4.79 Å². The molecule has 2 aliphatic rings. The lowest BCUT2D eigenvalue weighted by molar-refractivity contribution is -0.263. The van der Waals surface area contributed by atoms with Crippen LogP contribution in [0.3, 0.4) is 0 Å². The van der Waals surface area contributed by atoms with Gasteiger partial charge in [-0.1, -0.05) is 42.5 Å². The van der Waals surface area contributed by atoms with Gasteiger partial charge in [0, 0.05) is 19.3 Å². The lowest BCUT2D eigenvalue weighted by atomic mass is 9.81. The first kappa shape index (κ1) is 22.9. The number of fused-ring (bicyclic) bond motifs is 1. The topological polar surface area (TPSA) is 84.0 Å². The van der Waals surface area contributed by atoms with Crippen molar-refractivity contribution in [3.05, 3.63) is 71.3 Å². The van der Waals surface area contributed by atoms with Crippen molar-refractivity contribution in [1.29, 1.82) is 0 Å². The standard InChI is InChI=1S/C26H28N2O5/c1-25(2)15-18(29)16-26(3,4)28(25)33-24(32)21(14-17-10-6-5-7-11-17)27-22(30)19-12-8-9-13-20(19)23(27)31/h5-13,21H,14-16H2,1-4H3. The van der Waals surface area contributed by atoms with Crippen LogP contribution in [0.25, 0.3) is 0 Å². The highest BCUT2D eigenvalue weighted by Crippen LogP contribution is 2.37. The molecule has 2 heterocycles. The molecule has 0 aliphatic carbocycles. The van der Waals surface area contributed by atoms with Gasteiger partial charge in [-0.05, 0) is 45.4 Å². The maximum Gasteiger partial charge on any atom is 0.348 e. The third-order valence-electron chi connectivity index (χ3n) is 6.22. The van der Waals surface area contributed by atoms with E-state index in [9.17, 15) is 19.2 Å². The molecule has 33 heavy (non-hydrogen) atoms. The zero-order valence-corrected chi connectivity index (χ0v) is 19.3. The van der Waals surface area contributed by atoms with Crippen molar-refractivity contribution in [3.8, 4) is 0 Å². The van der Waals surface area contributed by atoms with Gasteiger partial charge in [0.15, 0.2) is 0 Å². The molecule has 0 spiro atoms. The molecule has 0 bridgehead atoms. The van der Waals surface area contributed by atoms with Crippen LogP contribution in [-0.2, 0) is 20.8 Å². The monoisotopic (exact) mass is 448 g/mol. The van der Waals surface area contributed by atoms with Gasteiger partial charge < -0.3 is 4.84 Å². The van der Waals surface area contributed by atoms with Crippen molar-refractivity contribution in [2.75, 3.05) is 0 Å². The smallest absolute Gasteiger partial charge is 0.348 e. The third-order valence-corrected chi connectivity index (χ3v) is 6.22. The summed E-state index contributed by atoms with van der Waals surface area (Å²) in [5, 5.41) is 1.56. The highest BCUT2D eigenvalue weighted by molar-refractivity contribution is 6.22. The van der Waals surface area contributed by atoms with E-state index in [2.05, 4.69) is 0 Å². The highest BCUT2D eigenvalue weighted by atomic mass is 16.7. The van der Waals surface area contributed by atoms with Crippen molar-refractivity contribution in [2.45, 2.75) is 64.1 Å². The first-order valence-corrected chi connectivity index (χ1v) is 11.1. The molecule has 0 saturated carbocycles. The fraction of sp³-hybridized carbons (Fsp3) is 0.385. The number of hydroxylamine groups is 2. The van der Waals surface area contributed by atoms with Crippen LogP contribution in [0, 0.1) is 0 Å². The van der Waals surface area contributed by atoms with Crippen LogP contribution in [0.5, 0.6) is 0 Å². The summed E-state index contributed by atoms with van der Waals surface area (Å²) < 4.78 is 0. The van der Waals surface area contributed by atoms with Crippen LogP contribution >= 0.6 is 0 Å². The number of imide groups is 1. The van der Waals surface area contributed by atoms with Crippen molar-refractivity contribution in [2.24, 2.45) is 0 Å². The molecule has 0 N–H and O–H groups in total. The van der Waals surface area contributed by atoms with Crippen LogP contribution in [0.4, 0.5) is 0 Å². The van der Waals surface area contributed by atoms with Crippen LogP contribution < -0.4 is 0 Å². The molecule has 7 heteroatoms. The number of ketones is 1. The number of Topliss-reactive ketones (excluding diaryl/α,β-unsaturated/α-hetero) is 1. The van der Waals surface area contributed by atoms with Gasteiger partial charge in [-0.3, -0.25) is 19.3 Å². The summed E-state index contributed by atoms with van der Waals surface area (Å²) in [5.74, 6) is -1.64. The van der Waals surface area contributed by atoms with Crippen molar-refractivity contribution < 1.29 is 24.0 Å². The van der Waals surface area contributed by atoms with Gasteiger partial charge in [-0.2, -0.15) is 0 Å². The molecule has 0 aromatic heterocycles. The van der Waals surface area contributed by atoms with E-state index in [1.54, 1.807) is 29.3 Å². The van der Waals surface area contributed by atoms with Crippen LogP contribution in [0.1, 0.15) is 66.8 Å². The Labute approximate surface area is 193 Å². The number of amides is 2. The molecule has 0 radical (unpaired) electrons. The second-order valence-corrected chi connectivity index (χ2v) is 9.95. The fourth-order valence-electron chi connectivity index (χ4n) is 5.00. The molecule has 1 unspecified atom stereocenters. The van der Waals surface area contributed by atoms with E-state index >= 15 is 0 Å². The van der Waals surface area contributed by atoms with E-state index in [1.807, 2.05) is 58.0 Å². The minimum atomic E-state index is -1.15. The largest absolute Gasteiger partial charge is 0.365 e. The number of nitrogens with zero attached hydrogens (tertiary/aromatic N) is 2. The number of carbonyl (C=O) groups is 4. The molecule has 2 amide bonds. The average Bonchev–Trinajstić information content (AvgIpc) is 2.99. The summed E-state index contributed by atoms with van der Waals surface area (Å²) in [6, 6.07) is 14.6. The Kier molecular flexibility index (Phi) is 5.70. The van der Waals surface area contributed by atoms with Crippen LogP contribution in [0.2, 0.25) is 0 Å². The van der Waals surface area contributed by atoms with E-state index in [0.717, 1.165) is 10.5 Å². The minimum absolute atomic E-state index is 0.0958. The molecule has 1 saturated heterocycles. The maximum atomic E-state index is 13.6. The van der Waals surface area contributed by atoms with Gasteiger partial charge in [0.25, 0.3) is 11.8 Å². The number of carbonyl (C=O) groups excluding carboxylic acids is 4. The zero-order valence-electron chi connectivity index (χ0n) is 19.3. The summed E-state index contributed by atoms with van der Waals surface area (Å²) in [6.45, 7) is 7.36. The predicted molar refractivity (Wildman–Crippen MR) is 121 cm³/mol. The number of rotatable bonds is 5. The lowest BCUT2D eigenvalue weighted by Gasteiger charge is -2.49. The summed E-state index contributed by atoms with van der Waals surface area (Å²) in [5.41, 5.74) is -0.111. The van der Waals surface area contributed by atoms with Crippen molar-refractivity contribution in [3.63, 3.8) is 0 Å². The average molecular weight is 449 g/mol. The van der Waals surface area contributed by atoms with Crippen molar-refractivity contribution in [1.82, 2.24) is 9.96 Å². The zero-order chi connectivity index (χ0) is 24.0. The van der Waals surface area contributed by atoms with E-state index in [4.69, 9.17) is 4.84 Å². The van der Waals surface area contributed by atoms with Gasteiger partial charge in [0.05, 0.1) is 22.2 Å².